The summed E-state index contributed by atoms with van der Waals surface area (Å²) in [6, 6.07) is 7.08. The number of rotatable bonds is 3. The van der Waals surface area contributed by atoms with Gasteiger partial charge in [-0.2, -0.15) is 0 Å². The molecule has 0 saturated carbocycles. The average Bonchev–Trinajstić information content (AvgIpc) is 2.82. The van der Waals surface area contributed by atoms with Gasteiger partial charge in [0.05, 0.1) is 17.2 Å². The van der Waals surface area contributed by atoms with Crippen LogP contribution in [0.1, 0.15) is 43.2 Å². The molecule has 0 aliphatic rings. The molecule has 1 aromatic heterocycles. The van der Waals surface area contributed by atoms with E-state index in [1.165, 1.54) is 18.3 Å². The van der Waals surface area contributed by atoms with E-state index in [0.717, 1.165) is 16.3 Å². The maximum atomic E-state index is 12.0. The minimum atomic E-state index is -0.149. The van der Waals surface area contributed by atoms with E-state index in [0.29, 0.717) is 10.4 Å². The molecule has 0 saturated heterocycles. The van der Waals surface area contributed by atoms with E-state index in [1.807, 2.05) is 13.8 Å². The second kappa shape index (κ2) is 7.01. The van der Waals surface area contributed by atoms with Crippen LogP contribution in [0.25, 0.3) is 0 Å². The minimum Gasteiger partial charge on any atom is -0.340 e. The molecule has 112 valence electrons. The maximum absolute atomic E-state index is 12.0. The first kappa shape index (κ1) is 15.9. The lowest BCUT2D eigenvalue weighted by atomic mass is 10.1. The summed E-state index contributed by atoms with van der Waals surface area (Å²) in [6.07, 6.45) is 0. The number of carbonyl (C=O) groups excluding carboxylic acids is 2. The number of nitrogens with one attached hydrogen (secondary N) is 1. The summed E-state index contributed by atoms with van der Waals surface area (Å²) in [5.74, 6) is 5.72. The molecule has 0 spiro atoms. The Morgan fingerprint density at radius 1 is 1.23 bits per heavy atom. The van der Waals surface area contributed by atoms with Gasteiger partial charge in [0.25, 0.3) is 5.91 Å². The van der Waals surface area contributed by atoms with Crippen molar-refractivity contribution in [2.45, 2.75) is 20.8 Å². The van der Waals surface area contributed by atoms with Crippen molar-refractivity contribution in [2.75, 3.05) is 6.54 Å². The van der Waals surface area contributed by atoms with E-state index in [4.69, 9.17) is 0 Å². The van der Waals surface area contributed by atoms with Crippen molar-refractivity contribution in [1.82, 2.24) is 10.3 Å². The lowest BCUT2D eigenvalue weighted by molar-refractivity contribution is 0.0960. The summed E-state index contributed by atoms with van der Waals surface area (Å²) in [6.45, 7) is 5.49. The van der Waals surface area contributed by atoms with Gasteiger partial charge in [0.15, 0.2) is 5.78 Å². The van der Waals surface area contributed by atoms with Crippen LogP contribution in [0.2, 0.25) is 0 Å². The number of hydrogen-bond acceptors (Lipinski definition) is 4. The van der Waals surface area contributed by atoms with Gasteiger partial charge in [0, 0.05) is 11.1 Å². The maximum Gasteiger partial charge on any atom is 0.264 e. The number of Topliss-reactive ketones (excluding diaryl/α,β-unsaturated/α-hetero) is 1. The van der Waals surface area contributed by atoms with Crippen LogP contribution in [0.4, 0.5) is 0 Å². The van der Waals surface area contributed by atoms with Crippen molar-refractivity contribution in [1.29, 1.82) is 0 Å². The molecule has 2 rings (SSSR count). The molecule has 1 N–H and O–H groups in total. The van der Waals surface area contributed by atoms with Gasteiger partial charge >= 0.3 is 0 Å². The fraction of sp³-hybridized carbons (Fsp3) is 0.235. The third-order valence-electron chi connectivity index (χ3n) is 2.97. The number of aryl methyl sites for hydroxylation is 2. The highest BCUT2D eigenvalue weighted by molar-refractivity contribution is 7.13. The number of thiazole rings is 1. The molecule has 0 bridgehead atoms. The zero-order valence-corrected chi connectivity index (χ0v) is 13.5. The summed E-state index contributed by atoms with van der Waals surface area (Å²) in [7, 11) is 0. The summed E-state index contributed by atoms with van der Waals surface area (Å²) in [4.78, 5) is 28.0. The van der Waals surface area contributed by atoms with Crippen molar-refractivity contribution >= 4 is 23.0 Å². The fourth-order valence-electron chi connectivity index (χ4n) is 1.88. The van der Waals surface area contributed by atoms with Gasteiger partial charge in [0.1, 0.15) is 4.88 Å². The second-order valence-electron chi connectivity index (χ2n) is 4.77. The zero-order chi connectivity index (χ0) is 16.1. The summed E-state index contributed by atoms with van der Waals surface area (Å²) < 4.78 is 0. The first-order chi connectivity index (χ1) is 10.5. The third-order valence-corrected chi connectivity index (χ3v) is 4.04. The van der Waals surface area contributed by atoms with Crippen LogP contribution in [0, 0.1) is 25.7 Å². The van der Waals surface area contributed by atoms with Crippen molar-refractivity contribution in [2.24, 2.45) is 0 Å². The molecule has 1 amide bonds. The number of benzene rings is 1. The first-order valence-electron chi connectivity index (χ1n) is 6.79. The molecular weight excluding hydrogens is 296 g/mol. The Bertz CT molecular complexity index is 764. The molecule has 0 aliphatic heterocycles. The Morgan fingerprint density at radius 2 is 1.91 bits per heavy atom. The van der Waals surface area contributed by atoms with E-state index >= 15 is 0 Å². The molecule has 1 heterocycles. The number of ketones is 1. The van der Waals surface area contributed by atoms with Crippen LogP contribution in [0.5, 0.6) is 0 Å². The van der Waals surface area contributed by atoms with Crippen LogP contribution >= 0.6 is 11.3 Å². The van der Waals surface area contributed by atoms with E-state index in [1.54, 1.807) is 24.3 Å². The first-order valence-corrected chi connectivity index (χ1v) is 7.61. The van der Waals surface area contributed by atoms with Crippen LogP contribution in [0.15, 0.2) is 24.3 Å². The third kappa shape index (κ3) is 4.03. The van der Waals surface area contributed by atoms with Gasteiger partial charge in [-0.3, -0.25) is 9.59 Å². The Labute approximate surface area is 133 Å². The Balaban J connectivity index is 1.92. The quantitative estimate of drug-likeness (QED) is 0.700. The molecule has 5 heteroatoms. The van der Waals surface area contributed by atoms with Gasteiger partial charge in [0.2, 0.25) is 0 Å². The summed E-state index contributed by atoms with van der Waals surface area (Å²) in [5.41, 5.74) is 2.21. The molecule has 0 unspecified atom stereocenters. The fourth-order valence-corrected chi connectivity index (χ4v) is 2.72. The van der Waals surface area contributed by atoms with E-state index < -0.39 is 0 Å². The monoisotopic (exact) mass is 312 g/mol. The average molecular weight is 312 g/mol. The topological polar surface area (TPSA) is 59.1 Å². The van der Waals surface area contributed by atoms with Crippen LogP contribution in [0.3, 0.4) is 0 Å². The molecule has 0 fully saturated rings. The largest absolute Gasteiger partial charge is 0.340 e. The lowest BCUT2D eigenvalue weighted by Crippen LogP contribution is -2.23. The zero-order valence-electron chi connectivity index (χ0n) is 12.7. The Hall–Kier alpha value is -2.45. The summed E-state index contributed by atoms with van der Waals surface area (Å²) >= 11 is 1.38. The van der Waals surface area contributed by atoms with Crippen LogP contribution in [-0.4, -0.2) is 23.2 Å². The number of aromatic nitrogens is 1. The predicted molar refractivity (Wildman–Crippen MR) is 87.2 cm³/mol. The molecule has 0 radical (unpaired) electrons. The molecule has 2 aromatic rings. The molecular formula is C17H16N2O2S. The molecule has 4 nitrogen and oxygen atoms in total. The number of nitrogens with zero attached hydrogens (tertiary/aromatic N) is 1. The highest BCUT2D eigenvalue weighted by atomic mass is 32.1. The number of amides is 1. The van der Waals surface area contributed by atoms with Gasteiger partial charge in [-0.25, -0.2) is 4.98 Å². The van der Waals surface area contributed by atoms with Crippen LogP contribution in [-0.2, 0) is 0 Å². The molecule has 0 atom stereocenters. The Morgan fingerprint density at radius 3 is 2.45 bits per heavy atom. The predicted octanol–water partition coefficient (Wildman–Crippen LogP) is 2.74. The van der Waals surface area contributed by atoms with Crippen molar-refractivity contribution in [3.8, 4) is 11.8 Å². The minimum absolute atomic E-state index is 0.0296. The van der Waals surface area contributed by atoms with Crippen molar-refractivity contribution in [3.05, 3.63) is 51.0 Å². The Kier molecular flexibility index (Phi) is 5.08. The molecule has 22 heavy (non-hydrogen) atoms. The van der Waals surface area contributed by atoms with Crippen molar-refractivity contribution < 1.29 is 9.59 Å². The van der Waals surface area contributed by atoms with Crippen LogP contribution < -0.4 is 5.32 Å². The number of hydrogen-bond donors (Lipinski definition) is 1. The van der Waals surface area contributed by atoms with Gasteiger partial charge in [-0.15, -0.1) is 11.3 Å². The second-order valence-corrected chi connectivity index (χ2v) is 5.97. The molecule has 0 aliphatic carbocycles. The van der Waals surface area contributed by atoms with E-state index in [9.17, 15) is 9.59 Å². The highest BCUT2D eigenvalue weighted by Gasteiger charge is 2.12. The van der Waals surface area contributed by atoms with Gasteiger partial charge in [-0.05, 0) is 32.9 Å². The standard InChI is InChI=1S/C17H16N2O2S/c1-11-16(22-13(3)19-11)17(21)18-10-4-5-14-6-8-15(9-7-14)12(2)20/h6-9H,10H2,1-3H3,(H,18,21). The van der Waals surface area contributed by atoms with Gasteiger partial charge in [-0.1, -0.05) is 24.0 Å². The highest BCUT2D eigenvalue weighted by Crippen LogP contribution is 2.16. The SMILES string of the molecule is CC(=O)c1ccc(C#CCNC(=O)c2sc(C)nc2C)cc1. The smallest absolute Gasteiger partial charge is 0.264 e. The van der Waals surface area contributed by atoms with Gasteiger partial charge < -0.3 is 5.32 Å². The lowest BCUT2D eigenvalue weighted by Gasteiger charge is -1.98. The number of carbonyl (C=O) groups is 2. The van der Waals surface area contributed by atoms with Crippen molar-refractivity contribution in [3.63, 3.8) is 0 Å². The summed E-state index contributed by atoms with van der Waals surface area (Å²) in [5, 5.41) is 3.63. The van der Waals surface area contributed by atoms with E-state index in [-0.39, 0.29) is 18.2 Å². The normalized spacial score (nSPS) is 9.77. The molecule has 1 aromatic carbocycles. The van der Waals surface area contributed by atoms with E-state index in [2.05, 4.69) is 22.1 Å².